The van der Waals surface area contributed by atoms with Crippen molar-refractivity contribution in [2.75, 3.05) is 23.3 Å². The summed E-state index contributed by atoms with van der Waals surface area (Å²) in [5.74, 6) is -1.13. The number of amides is 3. The average molecular weight is 470 g/mol. The number of thioether (sulfide) groups is 1. The van der Waals surface area contributed by atoms with E-state index in [1.54, 1.807) is 54.6 Å². The first kappa shape index (κ1) is 21.3. The third kappa shape index (κ3) is 4.01. The van der Waals surface area contributed by atoms with Crippen molar-refractivity contribution in [1.29, 1.82) is 0 Å². The first-order valence-electron chi connectivity index (χ1n) is 9.26. The SMILES string of the molecule is C=CCN1C(=O)/C(=C2\C(=O)N(CC(=O)Nc3cccc(Cl)c3)c3ccccc32)SC1=S. The van der Waals surface area contributed by atoms with Crippen LogP contribution in [0.15, 0.2) is 66.1 Å². The van der Waals surface area contributed by atoms with Gasteiger partial charge >= 0.3 is 0 Å². The number of fused-ring (bicyclic) bond motifs is 1. The standard InChI is InChI=1S/C22H16ClN3O3S2/c1-2-10-25-21(29)19(31-22(25)30)18-15-8-3-4-9-16(15)26(20(18)28)12-17(27)24-14-7-5-6-13(23)11-14/h2-9,11H,1,10,12H2,(H,24,27)/b19-18+. The highest BCUT2D eigenvalue weighted by Gasteiger charge is 2.42. The van der Waals surface area contributed by atoms with E-state index < -0.39 is 5.91 Å². The number of rotatable bonds is 5. The summed E-state index contributed by atoms with van der Waals surface area (Å²) in [7, 11) is 0. The Morgan fingerprint density at radius 1 is 1.13 bits per heavy atom. The van der Waals surface area contributed by atoms with Gasteiger partial charge in [0.25, 0.3) is 11.8 Å². The first-order valence-corrected chi connectivity index (χ1v) is 10.9. The Morgan fingerprint density at radius 2 is 1.90 bits per heavy atom. The molecule has 2 aliphatic rings. The van der Waals surface area contributed by atoms with E-state index in [2.05, 4.69) is 11.9 Å². The molecule has 6 nitrogen and oxygen atoms in total. The molecule has 0 atom stereocenters. The van der Waals surface area contributed by atoms with Crippen molar-refractivity contribution in [2.45, 2.75) is 0 Å². The van der Waals surface area contributed by atoms with Gasteiger partial charge in [-0.3, -0.25) is 24.2 Å². The van der Waals surface area contributed by atoms with Crippen molar-refractivity contribution in [2.24, 2.45) is 0 Å². The number of nitrogens with one attached hydrogen (secondary N) is 1. The summed E-state index contributed by atoms with van der Waals surface area (Å²) in [4.78, 5) is 41.9. The third-order valence-corrected chi connectivity index (χ3v) is 6.40. The summed E-state index contributed by atoms with van der Waals surface area (Å²) in [5.41, 5.74) is 1.96. The van der Waals surface area contributed by atoms with Crippen LogP contribution in [0.2, 0.25) is 5.02 Å². The van der Waals surface area contributed by atoms with Crippen molar-refractivity contribution in [3.05, 3.63) is 76.7 Å². The van der Waals surface area contributed by atoms with Gasteiger partial charge in [-0.15, -0.1) is 6.58 Å². The van der Waals surface area contributed by atoms with Crippen LogP contribution in [0.3, 0.4) is 0 Å². The molecule has 4 rings (SSSR count). The van der Waals surface area contributed by atoms with Gasteiger partial charge in [0.2, 0.25) is 5.91 Å². The molecule has 2 heterocycles. The molecule has 2 aromatic carbocycles. The van der Waals surface area contributed by atoms with Crippen LogP contribution in [-0.4, -0.2) is 40.0 Å². The van der Waals surface area contributed by atoms with Crippen LogP contribution >= 0.6 is 35.6 Å². The van der Waals surface area contributed by atoms with Crippen LogP contribution in [0.5, 0.6) is 0 Å². The Hall–Kier alpha value is -2.94. The molecule has 0 unspecified atom stereocenters. The average Bonchev–Trinajstić information content (AvgIpc) is 3.16. The fraction of sp³-hybridized carbons (Fsp3) is 0.0909. The maximum Gasteiger partial charge on any atom is 0.267 e. The van der Waals surface area contributed by atoms with Gasteiger partial charge < -0.3 is 5.32 Å². The number of hydrogen-bond acceptors (Lipinski definition) is 5. The van der Waals surface area contributed by atoms with Gasteiger partial charge in [0.15, 0.2) is 0 Å². The number of carbonyl (C=O) groups is 3. The zero-order chi connectivity index (χ0) is 22.1. The number of carbonyl (C=O) groups excluding carboxylic acids is 3. The molecular formula is C22H16ClN3O3S2. The van der Waals surface area contributed by atoms with Crippen LogP contribution in [0.4, 0.5) is 11.4 Å². The number of thiocarbonyl (C=S) groups is 1. The smallest absolute Gasteiger partial charge is 0.267 e. The van der Waals surface area contributed by atoms with Crippen molar-refractivity contribution >= 4 is 74.6 Å². The minimum absolute atomic E-state index is 0.210. The molecule has 2 aromatic rings. The molecule has 0 radical (unpaired) electrons. The monoisotopic (exact) mass is 469 g/mol. The van der Waals surface area contributed by atoms with Crippen LogP contribution in [-0.2, 0) is 14.4 Å². The molecule has 0 bridgehead atoms. The van der Waals surface area contributed by atoms with Gasteiger partial charge in [0.1, 0.15) is 10.9 Å². The lowest BCUT2D eigenvalue weighted by atomic mass is 10.1. The summed E-state index contributed by atoms with van der Waals surface area (Å²) in [6, 6.07) is 13.8. The van der Waals surface area contributed by atoms with E-state index in [1.165, 1.54) is 9.80 Å². The Labute approximate surface area is 193 Å². The van der Waals surface area contributed by atoms with Crippen LogP contribution in [0, 0.1) is 0 Å². The maximum atomic E-state index is 13.3. The molecular weight excluding hydrogens is 454 g/mol. The molecule has 9 heteroatoms. The second kappa shape index (κ2) is 8.66. The highest BCUT2D eigenvalue weighted by Crippen LogP contribution is 2.44. The molecule has 156 valence electrons. The van der Waals surface area contributed by atoms with Crippen molar-refractivity contribution < 1.29 is 14.4 Å². The topological polar surface area (TPSA) is 69.7 Å². The van der Waals surface area contributed by atoms with E-state index in [-0.39, 0.29) is 35.4 Å². The van der Waals surface area contributed by atoms with Crippen molar-refractivity contribution in [3.8, 4) is 0 Å². The normalized spacial score (nSPS) is 17.9. The highest BCUT2D eigenvalue weighted by atomic mass is 35.5. The summed E-state index contributed by atoms with van der Waals surface area (Å²) >= 11 is 12.4. The maximum absolute atomic E-state index is 13.3. The molecule has 2 aliphatic heterocycles. The van der Waals surface area contributed by atoms with E-state index in [4.69, 9.17) is 23.8 Å². The number of hydrogen-bond donors (Lipinski definition) is 1. The number of halogens is 1. The van der Waals surface area contributed by atoms with Crippen molar-refractivity contribution in [3.63, 3.8) is 0 Å². The molecule has 3 amide bonds. The zero-order valence-corrected chi connectivity index (χ0v) is 18.5. The first-order chi connectivity index (χ1) is 14.9. The van der Waals surface area contributed by atoms with Crippen LogP contribution in [0.25, 0.3) is 5.57 Å². The Kier molecular flexibility index (Phi) is 5.95. The summed E-state index contributed by atoms with van der Waals surface area (Å²) in [5, 5.41) is 3.23. The molecule has 1 fully saturated rings. The fourth-order valence-electron chi connectivity index (χ4n) is 3.40. The lowest BCUT2D eigenvalue weighted by Crippen LogP contribution is -2.35. The van der Waals surface area contributed by atoms with Gasteiger partial charge in [0, 0.05) is 22.8 Å². The summed E-state index contributed by atoms with van der Waals surface area (Å²) < 4.78 is 0.370. The third-order valence-electron chi connectivity index (χ3n) is 4.72. The number of para-hydroxylation sites is 1. The highest BCUT2D eigenvalue weighted by molar-refractivity contribution is 8.26. The molecule has 1 saturated heterocycles. The number of benzene rings is 2. The van der Waals surface area contributed by atoms with Gasteiger partial charge in [-0.25, -0.2) is 0 Å². The van der Waals surface area contributed by atoms with E-state index in [9.17, 15) is 14.4 Å². The lowest BCUT2D eigenvalue weighted by Gasteiger charge is -2.17. The Balaban J connectivity index is 1.65. The quantitative estimate of drug-likeness (QED) is 0.406. The minimum Gasteiger partial charge on any atom is -0.324 e. The number of nitrogens with zero attached hydrogens (tertiary/aromatic N) is 2. The van der Waals surface area contributed by atoms with Crippen molar-refractivity contribution in [1.82, 2.24) is 4.90 Å². The molecule has 0 saturated carbocycles. The summed E-state index contributed by atoms with van der Waals surface area (Å²) in [6.07, 6.45) is 1.58. The molecule has 0 spiro atoms. The largest absolute Gasteiger partial charge is 0.324 e. The second-order valence-corrected chi connectivity index (χ2v) is 8.82. The van der Waals surface area contributed by atoms with Gasteiger partial charge in [-0.05, 0) is 24.3 Å². The minimum atomic E-state index is -0.415. The Bertz CT molecular complexity index is 1180. The summed E-state index contributed by atoms with van der Waals surface area (Å²) in [6.45, 7) is 3.70. The Morgan fingerprint density at radius 3 is 2.65 bits per heavy atom. The van der Waals surface area contributed by atoms with Crippen LogP contribution in [0.1, 0.15) is 5.56 Å². The van der Waals surface area contributed by atoms with E-state index in [1.807, 2.05) is 0 Å². The van der Waals surface area contributed by atoms with E-state index >= 15 is 0 Å². The van der Waals surface area contributed by atoms with Gasteiger partial charge in [-0.2, -0.15) is 0 Å². The predicted octanol–water partition coefficient (Wildman–Crippen LogP) is 4.08. The lowest BCUT2D eigenvalue weighted by molar-refractivity contribution is -0.122. The molecule has 0 aromatic heterocycles. The number of anilines is 2. The van der Waals surface area contributed by atoms with E-state index in [0.29, 0.717) is 26.3 Å². The predicted molar refractivity (Wildman–Crippen MR) is 128 cm³/mol. The van der Waals surface area contributed by atoms with E-state index in [0.717, 1.165) is 11.8 Å². The van der Waals surface area contributed by atoms with Crippen LogP contribution < -0.4 is 10.2 Å². The fourth-order valence-corrected chi connectivity index (χ4v) is 4.94. The molecule has 0 aliphatic carbocycles. The molecule has 31 heavy (non-hydrogen) atoms. The zero-order valence-electron chi connectivity index (χ0n) is 16.1. The van der Waals surface area contributed by atoms with Gasteiger partial charge in [0.05, 0.1) is 16.2 Å². The van der Waals surface area contributed by atoms with Gasteiger partial charge in [-0.1, -0.05) is 65.9 Å². The molecule has 1 N–H and O–H groups in total. The second-order valence-electron chi connectivity index (χ2n) is 6.74.